The summed E-state index contributed by atoms with van der Waals surface area (Å²) in [7, 11) is 0. The number of aliphatic hydroxyl groups is 1. The van der Waals surface area contributed by atoms with Crippen LogP contribution in [0.15, 0.2) is 67.0 Å². The van der Waals surface area contributed by atoms with Crippen LogP contribution < -0.4 is 9.47 Å². The molecule has 1 N–H and O–H groups in total. The molecule has 0 aliphatic carbocycles. The summed E-state index contributed by atoms with van der Waals surface area (Å²) in [6, 6.07) is 18.0. The molecular formula is C26H33N3O3. The average molecular weight is 436 g/mol. The summed E-state index contributed by atoms with van der Waals surface area (Å²) in [6.07, 6.45) is 6.57. The second kappa shape index (κ2) is 10.7. The Morgan fingerprint density at radius 1 is 1.03 bits per heavy atom. The topological polar surface area (TPSA) is 59.8 Å². The highest BCUT2D eigenvalue weighted by molar-refractivity contribution is 5.27. The molecule has 3 aromatic rings. The second-order valence-corrected chi connectivity index (χ2v) is 8.77. The maximum Gasteiger partial charge on any atom is 0.119 e. The third-order valence-corrected chi connectivity index (χ3v) is 5.78. The van der Waals surface area contributed by atoms with Gasteiger partial charge in [-0.05, 0) is 61.7 Å². The normalized spacial score (nSPS) is 19.1. The molecule has 0 radical (unpaired) electrons. The first-order valence-electron chi connectivity index (χ1n) is 11.4. The average Bonchev–Trinajstić information content (AvgIpc) is 3.22. The van der Waals surface area contributed by atoms with Crippen molar-refractivity contribution in [2.24, 2.45) is 0 Å². The van der Waals surface area contributed by atoms with E-state index in [1.807, 2.05) is 66.5 Å². The van der Waals surface area contributed by atoms with Gasteiger partial charge >= 0.3 is 0 Å². The number of likely N-dealkylation sites (tertiary alicyclic amines) is 1. The lowest BCUT2D eigenvalue weighted by Gasteiger charge is -2.39. The lowest BCUT2D eigenvalue weighted by atomic mass is 9.93. The number of benzene rings is 2. The Morgan fingerprint density at radius 3 is 2.56 bits per heavy atom. The molecule has 1 aliphatic rings. The first-order valence-corrected chi connectivity index (χ1v) is 11.4. The number of piperidine rings is 1. The van der Waals surface area contributed by atoms with Crippen LogP contribution in [-0.2, 0) is 13.1 Å². The van der Waals surface area contributed by atoms with Crippen LogP contribution in [0.5, 0.6) is 11.5 Å². The molecule has 1 saturated heterocycles. The predicted molar refractivity (Wildman–Crippen MR) is 125 cm³/mol. The molecule has 0 saturated carbocycles. The van der Waals surface area contributed by atoms with Crippen molar-refractivity contribution >= 4 is 0 Å². The molecule has 0 bridgehead atoms. The number of ether oxygens (including phenoxy) is 2. The molecule has 1 fully saturated rings. The van der Waals surface area contributed by atoms with E-state index in [-0.39, 0.29) is 0 Å². The third kappa shape index (κ3) is 6.58. The summed E-state index contributed by atoms with van der Waals surface area (Å²) >= 11 is 0. The highest BCUT2D eigenvalue weighted by Gasteiger charge is 2.34. The molecular weight excluding hydrogens is 402 g/mol. The third-order valence-electron chi connectivity index (χ3n) is 5.78. The monoisotopic (exact) mass is 435 g/mol. The number of aromatic nitrogens is 2. The van der Waals surface area contributed by atoms with Gasteiger partial charge < -0.3 is 14.6 Å². The van der Waals surface area contributed by atoms with Gasteiger partial charge in [0, 0.05) is 32.3 Å². The fourth-order valence-corrected chi connectivity index (χ4v) is 4.15. The van der Waals surface area contributed by atoms with E-state index < -0.39 is 5.60 Å². The van der Waals surface area contributed by atoms with Crippen molar-refractivity contribution in [1.82, 2.24) is 14.7 Å². The molecule has 4 rings (SSSR count). The minimum Gasteiger partial charge on any atom is -0.494 e. The van der Waals surface area contributed by atoms with Gasteiger partial charge in [0.1, 0.15) is 23.7 Å². The van der Waals surface area contributed by atoms with E-state index in [9.17, 15) is 5.11 Å². The summed E-state index contributed by atoms with van der Waals surface area (Å²) in [5.41, 5.74) is 1.58. The molecule has 170 valence electrons. The summed E-state index contributed by atoms with van der Waals surface area (Å²) in [6.45, 7) is 6.30. The van der Waals surface area contributed by atoms with E-state index in [1.54, 1.807) is 0 Å². The molecule has 2 aromatic carbocycles. The van der Waals surface area contributed by atoms with E-state index in [2.05, 4.69) is 22.1 Å². The maximum absolute atomic E-state index is 11.0. The molecule has 0 unspecified atom stereocenters. The van der Waals surface area contributed by atoms with E-state index in [0.717, 1.165) is 50.4 Å². The van der Waals surface area contributed by atoms with Gasteiger partial charge in [0.15, 0.2) is 0 Å². The van der Waals surface area contributed by atoms with Crippen LogP contribution >= 0.6 is 0 Å². The summed E-state index contributed by atoms with van der Waals surface area (Å²) in [4.78, 5) is 2.31. The Hall–Kier alpha value is -2.83. The molecule has 1 aromatic heterocycles. The zero-order valence-electron chi connectivity index (χ0n) is 18.8. The summed E-state index contributed by atoms with van der Waals surface area (Å²) in [5.74, 6) is 1.69. The number of hydrogen-bond donors (Lipinski definition) is 1. The summed E-state index contributed by atoms with van der Waals surface area (Å²) < 4.78 is 13.7. The van der Waals surface area contributed by atoms with Crippen LogP contribution in [0.4, 0.5) is 0 Å². The number of rotatable bonds is 10. The largest absolute Gasteiger partial charge is 0.494 e. The predicted octanol–water partition coefficient (Wildman–Crippen LogP) is 4.07. The van der Waals surface area contributed by atoms with Crippen LogP contribution in [0.25, 0.3) is 0 Å². The highest BCUT2D eigenvalue weighted by Crippen LogP contribution is 2.24. The minimum atomic E-state index is -0.815. The molecule has 6 heteroatoms. The Balaban J connectivity index is 1.21. The lowest BCUT2D eigenvalue weighted by Crippen LogP contribution is -2.51. The standard InChI is InChI=1S/C26H33N3O3/c1-22-17-27-29(18-22)15-6-16-31-25-11-9-23(10-12-25)19-28-14-5-13-26(30,20-28)21-32-24-7-3-2-4-8-24/h2-4,7-12,17-18,30H,5-6,13-16,19-21H2,1H3/t26-/m1/s1. The number of β-amino-alcohol motifs (C(OH)–C–C–N with tert-alkyl or cyclic N) is 1. The molecule has 6 nitrogen and oxygen atoms in total. The van der Waals surface area contributed by atoms with Crippen molar-refractivity contribution in [2.75, 3.05) is 26.3 Å². The van der Waals surface area contributed by atoms with Crippen molar-refractivity contribution in [3.8, 4) is 11.5 Å². The Kier molecular flexibility index (Phi) is 7.45. The zero-order valence-corrected chi connectivity index (χ0v) is 18.8. The van der Waals surface area contributed by atoms with Gasteiger partial charge in [-0.2, -0.15) is 5.10 Å². The zero-order chi connectivity index (χ0) is 22.2. The van der Waals surface area contributed by atoms with Crippen LogP contribution in [0.2, 0.25) is 0 Å². The minimum absolute atomic E-state index is 0.318. The van der Waals surface area contributed by atoms with Gasteiger partial charge in [-0.3, -0.25) is 9.58 Å². The number of aryl methyl sites for hydroxylation is 2. The highest BCUT2D eigenvalue weighted by atomic mass is 16.5. The Bertz CT molecular complexity index is 958. The fourth-order valence-electron chi connectivity index (χ4n) is 4.15. The molecule has 0 amide bonds. The number of nitrogens with zero attached hydrogens (tertiary/aromatic N) is 3. The number of para-hydroxylation sites is 1. The fraction of sp³-hybridized carbons (Fsp3) is 0.423. The molecule has 32 heavy (non-hydrogen) atoms. The van der Waals surface area contributed by atoms with Gasteiger partial charge in [0.05, 0.1) is 12.8 Å². The molecule has 1 aliphatic heterocycles. The molecule has 1 atom stereocenters. The van der Waals surface area contributed by atoms with Gasteiger partial charge in [0.25, 0.3) is 0 Å². The van der Waals surface area contributed by atoms with E-state index in [0.29, 0.717) is 19.8 Å². The Morgan fingerprint density at radius 2 is 1.81 bits per heavy atom. The van der Waals surface area contributed by atoms with Crippen molar-refractivity contribution < 1.29 is 14.6 Å². The lowest BCUT2D eigenvalue weighted by molar-refractivity contribution is -0.0621. The van der Waals surface area contributed by atoms with E-state index in [1.165, 1.54) is 11.1 Å². The van der Waals surface area contributed by atoms with Gasteiger partial charge in [0.2, 0.25) is 0 Å². The quantitative estimate of drug-likeness (QED) is 0.487. The van der Waals surface area contributed by atoms with Crippen LogP contribution in [-0.4, -0.2) is 51.7 Å². The summed E-state index contributed by atoms with van der Waals surface area (Å²) in [5, 5.41) is 15.3. The van der Waals surface area contributed by atoms with E-state index in [4.69, 9.17) is 9.47 Å². The van der Waals surface area contributed by atoms with Crippen LogP contribution in [0.3, 0.4) is 0 Å². The van der Waals surface area contributed by atoms with Crippen molar-refractivity contribution in [1.29, 1.82) is 0 Å². The first kappa shape index (κ1) is 22.4. The SMILES string of the molecule is Cc1cnn(CCCOc2ccc(CN3CCC[C@](O)(COc4ccccc4)C3)cc2)c1. The maximum atomic E-state index is 11.0. The smallest absolute Gasteiger partial charge is 0.119 e. The van der Waals surface area contributed by atoms with Crippen LogP contribution in [0.1, 0.15) is 30.4 Å². The van der Waals surface area contributed by atoms with Crippen molar-refractivity contribution in [3.63, 3.8) is 0 Å². The second-order valence-electron chi connectivity index (χ2n) is 8.77. The van der Waals surface area contributed by atoms with Gasteiger partial charge in [-0.1, -0.05) is 30.3 Å². The number of hydrogen-bond acceptors (Lipinski definition) is 5. The van der Waals surface area contributed by atoms with Crippen LogP contribution in [0, 0.1) is 6.92 Å². The van der Waals surface area contributed by atoms with Gasteiger partial charge in [-0.15, -0.1) is 0 Å². The van der Waals surface area contributed by atoms with Crippen molar-refractivity contribution in [2.45, 2.75) is 44.9 Å². The molecule has 0 spiro atoms. The first-order chi connectivity index (χ1) is 15.6. The Labute approximate surface area is 190 Å². The van der Waals surface area contributed by atoms with E-state index >= 15 is 0 Å². The molecule has 2 heterocycles. The van der Waals surface area contributed by atoms with Crippen molar-refractivity contribution in [3.05, 3.63) is 78.1 Å². The van der Waals surface area contributed by atoms with Gasteiger partial charge in [-0.25, -0.2) is 0 Å².